The van der Waals surface area contributed by atoms with Crippen molar-refractivity contribution in [2.75, 3.05) is 0 Å². The standard InChI is InChI=1S/C22H24O9S/c1-13-9-11-17(12-10-13)32(26,27)31-18-14(2)28-22(25)20(29-15(3)23)19(18)30-21(24)16-7-5-4-6-8-16/h4-12,14,18-20,22,25H,1-3H3. The number of esters is 2. The molecule has 0 amide bonds. The molecule has 5 atom stereocenters. The Hall–Kier alpha value is -2.79. The van der Waals surface area contributed by atoms with Gasteiger partial charge in [-0.1, -0.05) is 35.9 Å². The maximum absolute atomic E-state index is 12.9. The number of hydrogen-bond acceptors (Lipinski definition) is 9. The number of aliphatic hydroxyl groups is 1. The van der Waals surface area contributed by atoms with Gasteiger partial charge in [-0.25, -0.2) is 4.79 Å². The summed E-state index contributed by atoms with van der Waals surface area (Å²) in [6.07, 6.45) is -7.06. The Kier molecular flexibility index (Phi) is 7.29. The first-order valence-corrected chi connectivity index (χ1v) is 11.3. The molecule has 0 saturated carbocycles. The van der Waals surface area contributed by atoms with Crippen molar-refractivity contribution < 1.29 is 41.5 Å². The van der Waals surface area contributed by atoms with E-state index in [0.717, 1.165) is 12.5 Å². The lowest BCUT2D eigenvalue weighted by atomic mass is 9.99. The van der Waals surface area contributed by atoms with E-state index in [9.17, 15) is 23.1 Å². The monoisotopic (exact) mass is 464 g/mol. The van der Waals surface area contributed by atoms with E-state index in [1.807, 2.05) is 0 Å². The molecule has 1 fully saturated rings. The van der Waals surface area contributed by atoms with Crippen molar-refractivity contribution in [2.45, 2.75) is 56.4 Å². The van der Waals surface area contributed by atoms with Crippen LogP contribution in [0.1, 0.15) is 29.8 Å². The molecule has 0 radical (unpaired) electrons. The maximum Gasteiger partial charge on any atom is 0.338 e. The minimum atomic E-state index is -4.31. The van der Waals surface area contributed by atoms with E-state index in [2.05, 4.69) is 0 Å². The predicted octanol–water partition coefficient (Wildman–Crippen LogP) is 1.96. The SMILES string of the molecule is CC(=O)OC1C(O)OC(C)C(OS(=O)(=O)c2ccc(C)cc2)C1OC(=O)c1ccccc1. The lowest BCUT2D eigenvalue weighted by molar-refractivity contribution is -0.277. The third-order valence-corrected chi connectivity index (χ3v) is 6.17. The van der Waals surface area contributed by atoms with Crippen LogP contribution in [0.15, 0.2) is 59.5 Å². The summed E-state index contributed by atoms with van der Waals surface area (Å²) in [6, 6.07) is 13.9. The van der Waals surface area contributed by atoms with E-state index in [1.165, 1.54) is 31.2 Å². The number of carbonyl (C=O) groups is 2. The van der Waals surface area contributed by atoms with Gasteiger partial charge in [-0.15, -0.1) is 0 Å². The number of aliphatic hydroxyl groups excluding tert-OH is 1. The summed E-state index contributed by atoms with van der Waals surface area (Å²) in [5.74, 6) is -1.59. The minimum absolute atomic E-state index is 0.112. The molecule has 1 N–H and O–H groups in total. The number of rotatable bonds is 6. The van der Waals surface area contributed by atoms with Gasteiger partial charge < -0.3 is 19.3 Å². The van der Waals surface area contributed by atoms with Crippen LogP contribution < -0.4 is 0 Å². The lowest BCUT2D eigenvalue weighted by Gasteiger charge is -2.41. The van der Waals surface area contributed by atoms with E-state index >= 15 is 0 Å². The van der Waals surface area contributed by atoms with Gasteiger partial charge in [0.2, 0.25) is 0 Å². The molecule has 172 valence electrons. The first-order chi connectivity index (χ1) is 15.1. The van der Waals surface area contributed by atoms with Crippen molar-refractivity contribution in [1.82, 2.24) is 0 Å². The van der Waals surface area contributed by atoms with Crippen molar-refractivity contribution in [3.63, 3.8) is 0 Å². The molecule has 2 aromatic carbocycles. The van der Waals surface area contributed by atoms with Crippen molar-refractivity contribution in [3.05, 3.63) is 65.7 Å². The number of hydrogen-bond donors (Lipinski definition) is 1. The van der Waals surface area contributed by atoms with Crippen LogP contribution in [0.5, 0.6) is 0 Å². The van der Waals surface area contributed by atoms with Gasteiger partial charge in [-0.2, -0.15) is 8.42 Å². The summed E-state index contributed by atoms with van der Waals surface area (Å²) in [5, 5.41) is 10.3. The van der Waals surface area contributed by atoms with Gasteiger partial charge in [-0.05, 0) is 38.1 Å². The second-order valence-electron chi connectivity index (χ2n) is 7.37. The van der Waals surface area contributed by atoms with Crippen LogP contribution in [0.4, 0.5) is 0 Å². The van der Waals surface area contributed by atoms with Gasteiger partial charge in [0.05, 0.1) is 16.6 Å². The Bertz CT molecular complexity index is 1050. The van der Waals surface area contributed by atoms with Crippen LogP contribution in [-0.2, 0) is 33.3 Å². The van der Waals surface area contributed by atoms with Gasteiger partial charge in [0, 0.05) is 6.92 Å². The molecule has 0 aromatic heterocycles. The fourth-order valence-corrected chi connectivity index (χ4v) is 4.39. The van der Waals surface area contributed by atoms with Crippen LogP contribution in [0.2, 0.25) is 0 Å². The van der Waals surface area contributed by atoms with Gasteiger partial charge >= 0.3 is 11.9 Å². The summed E-state index contributed by atoms with van der Waals surface area (Å²) in [4.78, 5) is 24.2. The average Bonchev–Trinajstić information content (AvgIpc) is 2.74. The Morgan fingerprint density at radius 2 is 1.56 bits per heavy atom. The molecule has 5 unspecified atom stereocenters. The number of ether oxygens (including phenoxy) is 3. The Labute approximate surface area is 186 Å². The topological polar surface area (TPSA) is 125 Å². The molecular weight excluding hydrogens is 440 g/mol. The molecule has 10 heteroatoms. The highest BCUT2D eigenvalue weighted by molar-refractivity contribution is 7.86. The van der Waals surface area contributed by atoms with Gasteiger partial charge in [0.15, 0.2) is 18.5 Å². The van der Waals surface area contributed by atoms with E-state index in [4.69, 9.17) is 18.4 Å². The van der Waals surface area contributed by atoms with Crippen LogP contribution in [0.3, 0.4) is 0 Å². The highest BCUT2D eigenvalue weighted by atomic mass is 32.2. The summed E-state index contributed by atoms with van der Waals surface area (Å²) < 4.78 is 47.1. The lowest BCUT2D eigenvalue weighted by Crippen LogP contribution is -2.60. The van der Waals surface area contributed by atoms with Crippen LogP contribution in [-0.4, -0.2) is 56.2 Å². The molecule has 1 saturated heterocycles. The highest BCUT2D eigenvalue weighted by Crippen LogP contribution is 2.30. The van der Waals surface area contributed by atoms with E-state index in [1.54, 1.807) is 37.3 Å². The number of benzene rings is 2. The van der Waals surface area contributed by atoms with Crippen molar-refractivity contribution >= 4 is 22.1 Å². The predicted molar refractivity (Wildman–Crippen MR) is 111 cm³/mol. The zero-order valence-corrected chi connectivity index (χ0v) is 18.5. The van der Waals surface area contributed by atoms with Crippen LogP contribution in [0.25, 0.3) is 0 Å². The van der Waals surface area contributed by atoms with E-state index in [-0.39, 0.29) is 10.5 Å². The fourth-order valence-electron chi connectivity index (χ4n) is 3.25. The molecule has 3 rings (SSSR count). The third-order valence-electron chi connectivity index (χ3n) is 4.85. The molecule has 0 aliphatic carbocycles. The van der Waals surface area contributed by atoms with Gasteiger partial charge in [-0.3, -0.25) is 8.98 Å². The summed E-state index contributed by atoms with van der Waals surface area (Å²) >= 11 is 0. The zero-order chi connectivity index (χ0) is 23.5. The summed E-state index contributed by atoms with van der Waals surface area (Å²) in [6.45, 7) is 4.35. The Balaban J connectivity index is 1.94. The molecule has 1 heterocycles. The average molecular weight is 464 g/mol. The Morgan fingerprint density at radius 1 is 0.938 bits per heavy atom. The molecule has 0 bridgehead atoms. The molecule has 9 nitrogen and oxygen atoms in total. The fraction of sp³-hybridized carbons (Fsp3) is 0.364. The third kappa shape index (κ3) is 5.52. The zero-order valence-electron chi connectivity index (χ0n) is 17.7. The van der Waals surface area contributed by atoms with Gasteiger partial charge in [0.1, 0.15) is 6.10 Å². The first-order valence-electron chi connectivity index (χ1n) is 9.85. The number of aryl methyl sites for hydroxylation is 1. The first kappa shape index (κ1) is 23.9. The smallest absolute Gasteiger partial charge is 0.338 e. The van der Waals surface area contributed by atoms with E-state index in [0.29, 0.717) is 0 Å². The van der Waals surface area contributed by atoms with Gasteiger partial charge in [0.25, 0.3) is 10.1 Å². The van der Waals surface area contributed by atoms with Crippen LogP contribution >= 0.6 is 0 Å². The molecule has 1 aliphatic heterocycles. The highest BCUT2D eigenvalue weighted by Gasteiger charge is 2.50. The Morgan fingerprint density at radius 3 is 2.16 bits per heavy atom. The van der Waals surface area contributed by atoms with Crippen molar-refractivity contribution in [2.24, 2.45) is 0 Å². The molecule has 32 heavy (non-hydrogen) atoms. The molecule has 2 aromatic rings. The van der Waals surface area contributed by atoms with Crippen molar-refractivity contribution in [1.29, 1.82) is 0 Å². The largest absolute Gasteiger partial charge is 0.453 e. The quantitative estimate of drug-likeness (QED) is 0.504. The molecular formula is C22H24O9S. The second-order valence-corrected chi connectivity index (χ2v) is 8.94. The maximum atomic E-state index is 12.9. The summed E-state index contributed by atoms with van der Waals surface area (Å²) in [5.41, 5.74) is 1.04. The molecule has 0 spiro atoms. The van der Waals surface area contributed by atoms with E-state index < -0.39 is 52.8 Å². The normalized spacial score (nSPS) is 25.7. The van der Waals surface area contributed by atoms with Crippen LogP contribution in [0, 0.1) is 6.92 Å². The molecule has 1 aliphatic rings. The number of carbonyl (C=O) groups excluding carboxylic acids is 2. The second kappa shape index (κ2) is 9.78. The van der Waals surface area contributed by atoms with Crippen molar-refractivity contribution in [3.8, 4) is 0 Å². The minimum Gasteiger partial charge on any atom is -0.453 e. The summed E-state index contributed by atoms with van der Waals surface area (Å²) in [7, 11) is -4.31.